The van der Waals surface area contributed by atoms with Crippen LogP contribution in [0, 0.1) is 5.92 Å². The zero-order valence-corrected chi connectivity index (χ0v) is 30.9. The Bertz CT molecular complexity index is 2950. The van der Waals surface area contributed by atoms with Gasteiger partial charge in [0.05, 0.1) is 22.6 Å². The Morgan fingerprint density at radius 3 is 2.22 bits per heavy atom. The van der Waals surface area contributed by atoms with E-state index in [4.69, 9.17) is 10.7 Å². The Labute approximate surface area is 321 Å². The minimum Gasteiger partial charge on any atom is -0.398 e. The molecule has 0 bridgehead atoms. The number of para-hydroxylation sites is 1. The second kappa shape index (κ2) is 11.6. The SMILES string of the molecule is C=C(N=C1C=CC=C/C1=C(/N)c1ccc2c3c(cccc13)-c1ccccc1-2)c1ccc(-n2c3c(c4ccccc42)C2c4ccccc4C(C)(C)C2C=C3)cc1. The van der Waals surface area contributed by atoms with Gasteiger partial charge in [0.15, 0.2) is 0 Å². The zero-order valence-electron chi connectivity index (χ0n) is 30.9. The van der Waals surface area contributed by atoms with Gasteiger partial charge in [-0.05, 0) is 97.0 Å². The molecular formula is C52H39N3. The highest BCUT2D eigenvalue weighted by atomic mass is 15.0. The number of aromatic nitrogens is 1. The van der Waals surface area contributed by atoms with Crippen LogP contribution in [-0.4, -0.2) is 10.3 Å². The minimum atomic E-state index is 0.0628. The Hall–Kier alpha value is -6.71. The van der Waals surface area contributed by atoms with E-state index in [1.807, 2.05) is 18.2 Å². The molecule has 3 heteroatoms. The van der Waals surface area contributed by atoms with Crippen molar-refractivity contribution < 1.29 is 0 Å². The van der Waals surface area contributed by atoms with E-state index in [1.165, 1.54) is 60.9 Å². The molecule has 0 radical (unpaired) electrons. The summed E-state index contributed by atoms with van der Waals surface area (Å²) in [6.45, 7) is 9.25. The molecule has 2 N–H and O–H groups in total. The van der Waals surface area contributed by atoms with Crippen LogP contribution in [0.1, 0.15) is 53.3 Å². The number of benzene rings is 6. The van der Waals surface area contributed by atoms with Crippen LogP contribution >= 0.6 is 0 Å². The van der Waals surface area contributed by atoms with Crippen LogP contribution in [-0.2, 0) is 5.41 Å². The third-order valence-electron chi connectivity index (χ3n) is 12.7. The van der Waals surface area contributed by atoms with Crippen molar-refractivity contribution in [3.05, 3.63) is 203 Å². The molecule has 2 atom stereocenters. The molecule has 262 valence electrons. The van der Waals surface area contributed by atoms with Crippen molar-refractivity contribution >= 4 is 44.9 Å². The standard InChI is InChI=1S/C52H39N3/c1-31(54-45-21-10-7-16-41(45)51(53)39-28-27-38-35-14-5-4-13-34(35)36-18-12-19-37(39)48(36)38)32-23-25-33(26-24-32)55-46-22-11-8-17-42(46)50-47(55)30-29-44-49(50)40-15-6-9-20-43(40)52(44,2)3/h4-30,44,49H,1,53H2,2-3H3/b51-41-,54-45?. The Balaban J connectivity index is 0.958. The van der Waals surface area contributed by atoms with Gasteiger partial charge in [0.2, 0.25) is 0 Å². The first-order chi connectivity index (χ1) is 26.9. The lowest BCUT2D eigenvalue weighted by Crippen LogP contribution is -2.26. The van der Waals surface area contributed by atoms with Gasteiger partial charge >= 0.3 is 0 Å². The van der Waals surface area contributed by atoms with Crippen molar-refractivity contribution in [1.82, 2.24) is 4.57 Å². The smallest absolute Gasteiger partial charge is 0.0730 e. The summed E-state index contributed by atoms with van der Waals surface area (Å²) in [7, 11) is 0. The maximum absolute atomic E-state index is 7.09. The molecule has 7 aromatic rings. The van der Waals surface area contributed by atoms with E-state index in [0.717, 1.165) is 33.5 Å². The largest absolute Gasteiger partial charge is 0.398 e. The van der Waals surface area contributed by atoms with Crippen molar-refractivity contribution in [2.75, 3.05) is 0 Å². The summed E-state index contributed by atoms with van der Waals surface area (Å²) in [4.78, 5) is 5.11. The monoisotopic (exact) mass is 705 g/mol. The van der Waals surface area contributed by atoms with Crippen LogP contribution in [0.2, 0.25) is 0 Å². The first-order valence-corrected chi connectivity index (χ1v) is 19.2. The number of hydrogen-bond acceptors (Lipinski definition) is 2. The maximum atomic E-state index is 7.09. The molecule has 0 spiro atoms. The van der Waals surface area contributed by atoms with E-state index in [-0.39, 0.29) is 5.41 Å². The van der Waals surface area contributed by atoms with Crippen molar-refractivity contribution in [3.63, 3.8) is 0 Å². The highest BCUT2D eigenvalue weighted by molar-refractivity contribution is 6.21. The molecule has 4 aliphatic rings. The lowest BCUT2D eigenvalue weighted by Gasteiger charge is -2.32. The maximum Gasteiger partial charge on any atom is 0.0730 e. The minimum absolute atomic E-state index is 0.0628. The molecule has 2 unspecified atom stereocenters. The van der Waals surface area contributed by atoms with E-state index in [1.54, 1.807) is 0 Å². The zero-order chi connectivity index (χ0) is 37.0. The summed E-state index contributed by atoms with van der Waals surface area (Å²) in [6, 6.07) is 46.2. The third-order valence-corrected chi connectivity index (χ3v) is 12.7. The summed E-state index contributed by atoms with van der Waals surface area (Å²) in [5, 5.41) is 3.73. The first-order valence-electron chi connectivity index (χ1n) is 19.2. The van der Waals surface area contributed by atoms with Crippen molar-refractivity contribution in [2.45, 2.75) is 25.2 Å². The van der Waals surface area contributed by atoms with Gasteiger partial charge in [-0.1, -0.05) is 154 Å². The number of nitrogens with zero attached hydrogens (tertiary/aromatic N) is 2. The quantitative estimate of drug-likeness (QED) is 0.195. The Morgan fingerprint density at radius 1 is 0.691 bits per heavy atom. The van der Waals surface area contributed by atoms with Gasteiger partial charge in [-0.3, -0.25) is 0 Å². The van der Waals surface area contributed by atoms with Crippen LogP contribution < -0.4 is 5.73 Å². The third kappa shape index (κ3) is 4.47. The lowest BCUT2D eigenvalue weighted by molar-refractivity contribution is 0.391. The van der Waals surface area contributed by atoms with Gasteiger partial charge in [0.25, 0.3) is 0 Å². The molecule has 0 saturated heterocycles. The highest BCUT2D eigenvalue weighted by Gasteiger charge is 2.48. The van der Waals surface area contributed by atoms with E-state index >= 15 is 0 Å². The van der Waals surface area contributed by atoms with Crippen molar-refractivity contribution in [2.24, 2.45) is 16.6 Å². The Kier molecular flexibility index (Phi) is 6.73. The number of hydrogen-bond donors (Lipinski definition) is 1. The molecule has 11 rings (SSSR count). The molecule has 1 heterocycles. The van der Waals surface area contributed by atoms with Crippen LogP contribution in [0.5, 0.6) is 0 Å². The van der Waals surface area contributed by atoms with Crippen LogP contribution in [0.15, 0.2) is 175 Å². The molecule has 6 aromatic carbocycles. The number of rotatable bonds is 4. The van der Waals surface area contributed by atoms with Crippen molar-refractivity contribution in [3.8, 4) is 27.9 Å². The average molecular weight is 706 g/mol. The van der Waals surface area contributed by atoms with Crippen LogP contribution in [0.25, 0.3) is 67.1 Å². The van der Waals surface area contributed by atoms with E-state index in [2.05, 4.69) is 171 Å². The fourth-order valence-electron chi connectivity index (χ4n) is 10.1. The lowest BCUT2D eigenvalue weighted by atomic mass is 9.71. The number of aliphatic imine (C=N–C) groups is 1. The molecule has 1 aromatic heterocycles. The molecule has 3 nitrogen and oxygen atoms in total. The summed E-state index contributed by atoms with van der Waals surface area (Å²) < 4.78 is 2.43. The normalized spacial score (nSPS) is 19.8. The number of nitrogens with two attached hydrogens (primary N) is 1. The first kappa shape index (κ1) is 31.8. The molecule has 0 fully saturated rings. The fourth-order valence-corrected chi connectivity index (χ4v) is 10.1. The van der Waals surface area contributed by atoms with E-state index in [0.29, 0.717) is 23.2 Å². The van der Waals surface area contributed by atoms with Gasteiger partial charge in [-0.2, -0.15) is 0 Å². The summed E-state index contributed by atoms with van der Waals surface area (Å²) >= 11 is 0. The topological polar surface area (TPSA) is 43.3 Å². The number of fused-ring (bicyclic) bond motifs is 10. The van der Waals surface area contributed by atoms with Crippen LogP contribution in [0.4, 0.5) is 0 Å². The van der Waals surface area contributed by atoms with Gasteiger partial charge in [-0.15, -0.1) is 0 Å². The van der Waals surface area contributed by atoms with Crippen molar-refractivity contribution in [1.29, 1.82) is 0 Å². The predicted molar refractivity (Wildman–Crippen MR) is 231 cm³/mol. The average Bonchev–Trinajstić information content (AvgIpc) is 3.82. The summed E-state index contributed by atoms with van der Waals surface area (Å²) in [5.74, 6) is 0.730. The van der Waals surface area contributed by atoms with E-state index in [9.17, 15) is 0 Å². The molecule has 0 amide bonds. The van der Waals surface area contributed by atoms with Gasteiger partial charge in [0.1, 0.15) is 0 Å². The molecule has 55 heavy (non-hydrogen) atoms. The summed E-state index contributed by atoms with van der Waals surface area (Å²) in [6.07, 6.45) is 12.9. The fraction of sp³-hybridized carbons (Fsp3) is 0.0962. The molecule has 0 aliphatic heterocycles. The molecule has 4 aliphatic carbocycles. The second-order valence-corrected chi connectivity index (χ2v) is 15.8. The van der Waals surface area contributed by atoms with Gasteiger partial charge in [0, 0.05) is 33.8 Å². The van der Waals surface area contributed by atoms with Gasteiger partial charge < -0.3 is 10.3 Å². The number of allylic oxidation sites excluding steroid dienone is 6. The van der Waals surface area contributed by atoms with E-state index < -0.39 is 0 Å². The molecule has 0 saturated carbocycles. The second-order valence-electron chi connectivity index (χ2n) is 15.8. The van der Waals surface area contributed by atoms with Crippen LogP contribution in [0.3, 0.4) is 0 Å². The molecular weight excluding hydrogens is 667 g/mol. The van der Waals surface area contributed by atoms with Gasteiger partial charge in [-0.25, -0.2) is 4.99 Å². The predicted octanol–water partition coefficient (Wildman–Crippen LogP) is 12.4. The Morgan fingerprint density at radius 2 is 1.38 bits per heavy atom. The summed E-state index contributed by atoms with van der Waals surface area (Å²) in [5.41, 5.74) is 25.2. The highest BCUT2D eigenvalue weighted by Crippen LogP contribution is 2.58.